The molecule has 0 spiro atoms. The molecule has 1 unspecified atom stereocenters. The minimum absolute atomic E-state index is 0.103. The van der Waals surface area contributed by atoms with E-state index in [4.69, 9.17) is 11.6 Å². The van der Waals surface area contributed by atoms with Gasteiger partial charge in [0.2, 0.25) is 0 Å². The molecule has 20 heavy (non-hydrogen) atoms. The Kier molecular flexibility index (Phi) is 4.94. The van der Waals surface area contributed by atoms with Crippen molar-refractivity contribution in [1.29, 1.82) is 0 Å². The van der Waals surface area contributed by atoms with Gasteiger partial charge in [0.25, 0.3) is 0 Å². The number of nitrogens with zero attached hydrogens (tertiary/aromatic N) is 3. The Labute approximate surface area is 128 Å². The summed E-state index contributed by atoms with van der Waals surface area (Å²) in [6.45, 7) is 8.30. The van der Waals surface area contributed by atoms with E-state index < -0.39 is 0 Å². The maximum atomic E-state index is 6.05. The van der Waals surface area contributed by atoms with Crippen LogP contribution in [0, 0.1) is 0 Å². The molecular weight excluding hydrogens is 292 g/mol. The van der Waals surface area contributed by atoms with Crippen molar-refractivity contribution in [3.63, 3.8) is 0 Å². The lowest BCUT2D eigenvalue weighted by Crippen LogP contribution is -2.09. The molecule has 2 heterocycles. The molecule has 1 atom stereocenters. The summed E-state index contributed by atoms with van der Waals surface area (Å²) in [5.74, 6) is 1.74. The summed E-state index contributed by atoms with van der Waals surface area (Å²) in [5.41, 5.74) is 0. The van der Waals surface area contributed by atoms with Gasteiger partial charge in [-0.15, -0.1) is 11.3 Å². The van der Waals surface area contributed by atoms with Crippen LogP contribution in [0.25, 0.3) is 0 Å². The van der Waals surface area contributed by atoms with Crippen LogP contribution in [0.3, 0.4) is 0 Å². The van der Waals surface area contributed by atoms with Gasteiger partial charge in [0.05, 0.1) is 6.04 Å². The lowest BCUT2D eigenvalue weighted by Gasteiger charge is -2.13. The lowest BCUT2D eigenvalue weighted by molar-refractivity contribution is 0.767. The molecule has 0 radical (unpaired) electrons. The van der Waals surface area contributed by atoms with Crippen molar-refractivity contribution in [2.24, 2.45) is 0 Å². The number of halogens is 1. The standard InChI is InChI=1S/C14H19ClN4S/c1-5-10-7-16-14(20-10)9(4)17-12-6-11(15)18-13(19-12)8(2)3/h6-9H,5H2,1-4H3,(H,17,18,19). The van der Waals surface area contributed by atoms with Crippen molar-refractivity contribution in [3.8, 4) is 0 Å². The van der Waals surface area contributed by atoms with Gasteiger partial charge in [-0.25, -0.2) is 15.0 Å². The van der Waals surface area contributed by atoms with Crippen molar-refractivity contribution in [2.75, 3.05) is 5.32 Å². The van der Waals surface area contributed by atoms with Crippen molar-refractivity contribution >= 4 is 28.8 Å². The second-order valence-electron chi connectivity index (χ2n) is 4.97. The number of thiazole rings is 1. The minimum atomic E-state index is 0.103. The number of aromatic nitrogens is 3. The van der Waals surface area contributed by atoms with Gasteiger partial charge in [-0.05, 0) is 13.3 Å². The van der Waals surface area contributed by atoms with E-state index in [9.17, 15) is 0 Å². The van der Waals surface area contributed by atoms with Crippen LogP contribution in [-0.2, 0) is 6.42 Å². The summed E-state index contributed by atoms with van der Waals surface area (Å²) in [6.07, 6.45) is 2.95. The highest BCUT2D eigenvalue weighted by Gasteiger charge is 2.13. The first kappa shape index (κ1) is 15.2. The van der Waals surface area contributed by atoms with Crippen LogP contribution in [0.15, 0.2) is 12.3 Å². The van der Waals surface area contributed by atoms with Crippen molar-refractivity contribution in [3.05, 3.63) is 33.1 Å². The Morgan fingerprint density at radius 2 is 2.05 bits per heavy atom. The number of nitrogens with one attached hydrogen (secondary N) is 1. The monoisotopic (exact) mass is 310 g/mol. The predicted molar refractivity (Wildman–Crippen MR) is 84.7 cm³/mol. The van der Waals surface area contributed by atoms with Crippen molar-refractivity contribution < 1.29 is 0 Å². The molecular formula is C14H19ClN4S. The van der Waals surface area contributed by atoms with Gasteiger partial charge in [0, 0.05) is 23.1 Å². The maximum Gasteiger partial charge on any atom is 0.135 e. The van der Waals surface area contributed by atoms with Crippen LogP contribution in [0.4, 0.5) is 5.82 Å². The number of hydrogen-bond acceptors (Lipinski definition) is 5. The van der Waals surface area contributed by atoms with Gasteiger partial charge in [0.15, 0.2) is 0 Å². The molecule has 0 saturated carbocycles. The second kappa shape index (κ2) is 6.50. The zero-order valence-corrected chi connectivity index (χ0v) is 13.7. The molecule has 2 aromatic heterocycles. The summed E-state index contributed by atoms with van der Waals surface area (Å²) in [7, 11) is 0. The van der Waals surface area contributed by atoms with E-state index in [1.807, 2.05) is 20.0 Å². The smallest absolute Gasteiger partial charge is 0.135 e. The molecule has 0 amide bonds. The van der Waals surface area contributed by atoms with Crippen molar-refractivity contribution in [2.45, 2.75) is 46.1 Å². The zero-order valence-electron chi connectivity index (χ0n) is 12.1. The quantitative estimate of drug-likeness (QED) is 0.829. The fourth-order valence-corrected chi connectivity index (χ4v) is 2.79. The molecule has 0 aromatic carbocycles. The summed E-state index contributed by atoms with van der Waals surface area (Å²) < 4.78 is 0. The second-order valence-corrected chi connectivity index (χ2v) is 6.51. The van der Waals surface area contributed by atoms with E-state index >= 15 is 0 Å². The van der Waals surface area contributed by atoms with Gasteiger partial charge >= 0.3 is 0 Å². The highest BCUT2D eigenvalue weighted by atomic mass is 35.5. The molecule has 4 nitrogen and oxygen atoms in total. The van der Waals surface area contributed by atoms with Crippen LogP contribution in [0.5, 0.6) is 0 Å². The Morgan fingerprint density at radius 1 is 1.30 bits per heavy atom. The maximum absolute atomic E-state index is 6.05. The van der Waals surface area contributed by atoms with Crippen LogP contribution >= 0.6 is 22.9 Å². The summed E-state index contributed by atoms with van der Waals surface area (Å²) in [4.78, 5) is 14.5. The average molecular weight is 311 g/mol. The van der Waals surface area contributed by atoms with Gasteiger partial charge in [-0.1, -0.05) is 32.4 Å². The molecule has 2 aromatic rings. The van der Waals surface area contributed by atoms with E-state index in [0.717, 1.165) is 23.1 Å². The van der Waals surface area contributed by atoms with E-state index in [0.29, 0.717) is 5.15 Å². The molecule has 1 N–H and O–H groups in total. The largest absolute Gasteiger partial charge is 0.361 e. The Bertz CT molecular complexity index is 582. The number of anilines is 1. The van der Waals surface area contributed by atoms with Crippen LogP contribution < -0.4 is 5.32 Å². The topological polar surface area (TPSA) is 50.7 Å². The molecule has 0 fully saturated rings. The highest BCUT2D eigenvalue weighted by molar-refractivity contribution is 7.11. The molecule has 108 valence electrons. The van der Waals surface area contributed by atoms with Crippen LogP contribution in [0.2, 0.25) is 5.15 Å². The molecule has 0 aliphatic rings. The van der Waals surface area contributed by atoms with Gasteiger partial charge in [-0.3, -0.25) is 0 Å². The number of hydrogen-bond donors (Lipinski definition) is 1. The first-order chi connectivity index (χ1) is 9.49. The Balaban J connectivity index is 2.16. The summed E-state index contributed by atoms with van der Waals surface area (Å²) in [5, 5.41) is 4.87. The highest BCUT2D eigenvalue weighted by Crippen LogP contribution is 2.25. The van der Waals surface area contributed by atoms with Crippen LogP contribution in [0.1, 0.15) is 55.4 Å². The first-order valence-corrected chi connectivity index (χ1v) is 7.94. The van der Waals surface area contributed by atoms with E-state index in [2.05, 4.69) is 34.1 Å². The summed E-state index contributed by atoms with van der Waals surface area (Å²) in [6, 6.07) is 1.85. The fourth-order valence-electron chi connectivity index (χ4n) is 1.74. The first-order valence-electron chi connectivity index (χ1n) is 6.75. The average Bonchev–Trinajstić information content (AvgIpc) is 2.86. The van der Waals surface area contributed by atoms with E-state index in [1.165, 1.54) is 4.88 Å². The SMILES string of the molecule is CCc1cnc(C(C)Nc2cc(Cl)nc(C(C)C)n2)s1. The third-order valence-corrected chi connectivity index (χ3v) is 4.40. The van der Waals surface area contributed by atoms with E-state index in [-0.39, 0.29) is 12.0 Å². The predicted octanol–water partition coefficient (Wildman–Crippen LogP) is 4.45. The van der Waals surface area contributed by atoms with Gasteiger partial charge in [0.1, 0.15) is 21.8 Å². The Morgan fingerprint density at radius 3 is 2.65 bits per heavy atom. The zero-order chi connectivity index (χ0) is 14.7. The molecule has 2 rings (SSSR count). The van der Waals surface area contributed by atoms with Gasteiger partial charge < -0.3 is 5.32 Å². The molecule has 0 aliphatic heterocycles. The molecule has 0 bridgehead atoms. The minimum Gasteiger partial charge on any atom is -0.361 e. The molecule has 0 saturated heterocycles. The van der Waals surface area contributed by atoms with Crippen molar-refractivity contribution in [1.82, 2.24) is 15.0 Å². The Hall–Kier alpha value is -1.20. The normalized spacial score (nSPS) is 12.7. The number of rotatable bonds is 5. The third-order valence-electron chi connectivity index (χ3n) is 2.88. The van der Waals surface area contributed by atoms with Gasteiger partial charge in [-0.2, -0.15) is 0 Å². The fraction of sp³-hybridized carbons (Fsp3) is 0.500. The summed E-state index contributed by atoms with van der Waals surface area (Å²) >= 11 is 7.77. The lowest BCUT2D eigenvalue weighted by atomic mass is 10.2. The van der Waals surface area contributed by atoms with Crippen LogP contribution in [-0.4, -0.2) is 15.0 Å². The molecule has 6 heteroatoms. The third kappa shape index (κ3) is 3.67. The van der Waals surface area contributed by atoms with E-state index in [1.54, 1.807) is 17.4 Å². The number of aryl methyl sites for hydroxylation is 1. The molecule has 0 aliphatic carbocycles.